The van der Waals surface area contributed by atoms with Crippen molar-refractivity contribution in [3.8, 4) is 0 Å². The molecule has 1 rings (SSSR count). The van der Waals surface area contributed by atoms with E-state index in [-0.39, 0.29) is 24.3 Å². The fraction of sp³-hybridized carbons (Fsp3) is 0.722. The maximum absolute atomic E-state index is 12.9. The Morgan fingerprint density at radius 3 is 2.72 bits per heavy atom. The number of aromatic nitrogens is 1. The smallest absolute Gasteiger partial charge is 0.245 e. The van der Waals surface area contributed by atoms with Crippen LogP contribution in [-0.4, -0.2) is 48.0 Å². The quantitative estimate of drug-likeness (QED) is 0.540. The maximum Gasteiger partial charge on any atom is 0.245 e. The van der Waals surface area contributed by atoms with E-state index in [0.29, 0.717) is 24.9 Å². The summed E-state index contributed by atoms with van der Waals surface area (Å²) in [6, 6.07) is 0. The first-order valence-electron chi connectivity index (χ1n) is 9.18. The van der Waals surface area contributed by atoms with Crippen molar-refractivity contribution in [2.24, 2.45) is 5.92 Å². The van der Waals surface area contributed by atoms with E-state index in [1.165, 1.54) is 11.3 Å². The van der Waals surface area contributed by atoms with Crippen LogP contribution in [0.25, 0.3) is 0 Å². The Kier molecular flexibility index (Phi) is 11.1. The number of amides is 2. The van der Waals surface area contributed by atoms with Crippen LogP contribution in [0.5, 0.6) is 0 Å². The zero-order valence-corrected chi connectivity index (χ0v) is 16.4. The number of unbranched alkanes of at least 4 members (excludes halogenated alkanes) is 1. The lowest BCUT2D eigenvalue weighted by atomic mass is 9.97. The molecule has 0 radical (unpaired) electrons. The second-order valence-electron chi connectivity index (χ2n) is 5.94. The predicted molar refractivity (Wildman–Crippen MR) is 102 cm³/mol. The van der Waals surface area contributed by atoms with Gasteiger partial charge in [0.25, 0.3) is 0 Å². The molecule has 0 spiro atoms. The van der Waals surface area contributed by atoms with E-state index in [9.17, 15) is 9.59 Å². The van der Waals surface area contributed by atoms with E-state index in [0.717, 1.165) is 32.1 Å². The summed E-state index contributed by atoms with van der Waals surface area (Å²) in [5.41, 5.74) is 0. The topological polar surface area (TPSA) is 71.5 Å². The molecule has 1 aromatic heterocycles. The van der Waals surface area contributed by atoms with Gasteiger partial charge in [-0.3, -0.25) is 9.59 Å². The average Bonchev–Trinajstić information content (AvgIpc) is 3.11. The van der Waals surface area contributed by atoms with Crippen molar-refractivity contribution in [3.63, 3.8) is 0 Å². The Labute approximate surface area is 155 Å². The molecule has 2 amide bonds. The van der Waals surface area contributed by atoms with Gasteiger partial charge in [0.2, 0.25) is 11.8 Å². The van der Waals surface area contributed by atoms with Crippen LogP contribution in [0.3, 0.4) is 0 Å². The summed E-state index contributed by atoms with van der Waals surface area (Å²) in [5.74, 6) is -0.147. The molecule has 0 saturated heterocycles. The fourth-order valence-electron chi connectivity index (χ4n) is 2.60. The summed E-state index contributed by atoms with van der Waals surface area (Å²) in [6.45, 7) is 7.96. The highest BCUT2D eigenvalue weighted by atomic mass is 32.1. The predicted octanol–water partition coefficient (Wildman–Crippen LogP) is 3.55. The van der Waals surface area contributed by atoms with E-state index < -0.39 is 0 Å². The summed E-state index contributed by atoms with van der Waals surface area (Å²) in [4.78, 5) is 30.9. The standard InChI is InChI=1S/C18H31N3O3S/c1-4-7-9-15(5-2)17(23)21(11-8-12-24-6-3)14-16(22)20-18-19-10-13-25-18/h10,13,15H,4-9,11-12,14H2,1-3H3,(H,19,20,22). The molecule has 0 fully saturated rings. The largest absolute Gasteiger partial charge is 0.382 e. The van der Waals surface area contributed by atoms with Crippen LogP contribution in [0.2, 0.25) is 0 Å². The van der Waals surface area contributed by atoms with Gasteiger partial charge in [-0.05, 0) is 26.2 Å². The molecule has 0 bridgehead atoms. The highest BCUT2D eigenvalue weighted by Crippen LogP contribution is 2.17. The first-order chi connectivity index (χ1) is 12.1. The Morgan fingerprint density at radius 1 is 1.32 bits per heavy atom. The molecule has 7 heteroatoms. The molecule has 1 heterocycles. The molecule has 1 aromatic rings. The minimum absolute atomic E-state index is 0.0142. The van der Waals surface area contributed by atoms with Crippen molar-refractivity contribution in [2.45, 2.75) is 52.9 Å². The zero-order chi connectivity index (χ0) is 18.5. The zero-order valence-electron chi connectivity index (χ0n) is 15.6. The van der Waals surface area contributed by atoms with Gasteiger partial charge in [-0.25, -0.2) is 4.98 Å². The number of carbonyl (C=O) groups excluding carboxylic acids is 2. The molecule has 142 valence electrons. The Hall–Kier alpha value is -1.47. The third-order valence-electron chi connectivity index (χ3n) is 3.99. The lowest BCUT2D eigenvalue weighted by Crippen LogP contribution is -2.42. The molecule has 0 aromatic carbocycles. The molecular formula is C18H31N3O3S. The van der Waals surface area contributed by atoms with Crippen molar-refractivity contribution in [3.05, 3.63) is 11.6 Å². The second kappa shape index (κ2) is 12.8. The molecule has 0 aliphatic carbocycles. The highest BCUT2D eigenvalue weighted by molar-refractivity contribution is 7.13. The summed E-state index contributed by atoms with van der Waals surface area (Å²) < 4.78 is 5.36. The lowest BCUT2D eigenvalue weighted by Gasteiger charge is -2.26. The van der Waals surface area contributed by atoms with Crippen molar-refractivity contribution >= 4 is 28.3 Å². The van der Waals surface area contributed by atoms with Gasteiger partial charge in [-0.2, -0.15) is 0 Å². The van der Waals surface area contributed by atoms with Gasteiger partial charge < -0.3 is 15.0 Å². The van der Waals surface area contributed by atoms with Crippen LogP contribution in [0.4, 0.5) is 5.13 Å². The number of ether oxygens (including phenoxy) is 1. The van der Waals surface area contributed by atoms with Crippen LogP contribution in [-0.2, 0) is 14.3 Å². The second-order valence-corrected chi connectivity index (χ2v) is 6.84. The molecule has 1 unspecified atom stereocenters. The molecule has 1 atom stereocenters. The SMILES string of the molecule is CCCCC(CC)C(=O)N(CCCOCC)CC(=O)Nc1nccs1. The molecule has 6 nitrogen and oxygen atoms in total. The van der Waals surface area contributed by atoms with Crippen LogP contribution >= 0.6 is 11.3 Å². The highest BCUT2D eigenvalue weighted by Gasteiger charge is 2.24. The normalized spacial score (nSPS) is 12.0. The van der Waals surface area contributed by atoms with Crippen molar-refractivity contribution in [2.75, 3.05) is 31.6 Å². The summed E-state index contributed by atoms with van der Waals surface area (Å²) in [5, 5.41) is 5.12. The average molecular weight is 370 g/mol. The molecule has 25 heavy (non-hydrogen) atoms. The Morgan fingerprint density at radius 2 is 2.12 bits per heavy atom. The van der Waals surface area contributed by atoms with E-state index in [4.69, 9.17) is 4.74 Å². The summed E-state index contributed by atoms with van der Waals surface area (Å²) >= 11 is 1.37. The molecule has 1 N–H and O–H groups in total. The van der Waals surface area contributed by atoms with Crippen LogP contribution in [0.1, 0.15) is 52.9 Å². The first-order valence-corrected chi connectivity index (χ1v) is 10.1. The molecule has 0 aliphatic rings. The van der Waals surface area contributed by atoms with Crippen LogP contribution in [0.15, 0.2) is 11.6 Å². The van der Waals surface area contributed by atoms with Crippen LogP contribution < -0.4 is 5.32 Å². The number of hydrogen-bond acceptors (Lipinski definition) is 5. The minimum Gasteiger partial charge on any atom is -0.382 e. The van der Waals surface area contributed by atoms with Gasteiger partial charge in [0.15, 0.2) is 5.13 Å². The Bertz CT molecular complexity index is 494. The number of thiazole rings is 1. The summed E-state index contributed by atoms with van der Waals surface area (Å²) in [6.07, 6.45) is 6.15. The van der Waals surface area contributed by atoms with Gasteiger partial charge in [0.05, 0.1) is 6.54 Å². The van der Waals surface area contributed by atoms with E-state index in [1.807, 2.05) is 13.8 Å². The number of rotatable bonds is 13. The number of carbonyl (C=O) groups is 2. The molecule has 0 saturated carbocycles. The van der Waals surface area contributed by atoms with Crippen LogP contribution in [0, 0.1) is 5.92 Å². The minimum atomic E-state index is -0.204. The third kappa shape index (κ3) is 8.45. The summed E-state index contributed by atoms with van der Waals surface area (Å²) in [7, 11) is 0. The van der Waals surface area contributed by atoms with Gasteiger partial charge in [0.1, 0.15) is 0 Å². The number of anilines is 1. The monoisotopic (exact) mass is 369 g/mol. The van der Waals surface area contributed by atoms with Crippen molar-refractivity contribution in [1.82, 2.24) is 9.88 Å². The van der Waals surface area contributed by atoms with Gasteiger partial charge in [-0.1, -0.05) is 26.7 Å². The van der Waals surface area contributed by atoms with E-state index >= 15 is 0 Å². The third-order valence-corrected chi connectivity index (χ3v) is 4.68. The first kappa shape index (κ1) is 21.6. The Balaban J connectivity index is 2.65. The van der Waals surface area contributed by atoms with Gasteiger partial charge >= 0.3 is 0 Å². The van der Waals surface area contributed by atoms with Gasteiger partial charge in [-0.15, -0.1) is 11.3 Å². The molecular weight excluding hydrogens is 338 g/mol. The van der Waals surface area contributed by atoms with E-state index in [2.05, 4.69) is 17.2 Å². The number of nitrogens with zero attached hydrogens (tertiary/aromatic N) is 2. The van der Waals surface area contributed by atoms with E-state index in [1.54, 1.807) is 16.5 Å². The number of nitrogens with one attached hydrogen (secondary N) is 1. The van der Waals surface area contributed by atoms with Crippen molar-refractivity contribution < 1.29 is 14.3 Å². The lowest BCUT2D eigenvalue weighted by molar-refractivity contribution is -0.139. The van der Waals surface area contributed by atoms with Crippen molar-refractivity contribution in [1.29, 1.82) is 0 Å². The molecule has 0 aliphatic heterocycles. The van der Waals surface area contributed by atoms with Gasteiger partial charge in [0, 0.05) is 37.3 Å². The maximum atomic E-state index is 12.9. The fourth-order valence-corrected chi connectivity index (χ4v) is 3.14. The number of hydrogen-bond donors (Lipinski definition) is 1.